The lowest BCUT2D eigenvalue weighted by Gasteiger charge is -2.21. The van der Waals surface area contributed by atoms with E-state index >= 15 is 0 Å². The van der Waals surface area contributed by atoms with Crippen LogP contribution in [-0.2, 0) is 18.9 Å². The summed E-state index contributed by atoms with van der Waals surface area (Å²) < 4.78 is 23.6. The molecular weight excluding hydrogens is 881 g/mol. The standard InChI is InChI=1S/C48H74O8S.C12H10/c1-9-17-22-34(13-5)30-53-45(49)40-27-21-26-38(42(40)47(51)55-32-36(15-7)24-19-11-3)39-28-29-41(46(50)54-31-35(14-6)23-18-10-2)43(44(39)57)48(52)56-33-37(16-8)25-20-12-4;1-3-7-11(8-4-1)12-9-5-2-6-10-12/h21,26-29,34-37,57H,9-20,22-25,30-33H2,1-8H3;1-10H. The van der Waals surface area contributed by atoms with Gasteiger partial charge in [0.15, 0.2) is 0 Å². The van der Waals surface area contributed by atoms with E-state index in [9.17, 15) is 19.2 Å². The number of thiol groups is 1. The molecule has 0 spiro atoms. The Labute approximate surface area is 421 Å². The Morgan fingerprint density at radius 1 is 0.391 bits per heavy atom. The molecule has 0 saturated carbocycles. The predicted molar refractivity (Wildman–Crippen MR) is 285 cm³/mol. The van der Waals surface area contributed by atoms with Crippen molar-refractivity contribution >= 4 is 36.5 Å². The van der Waals surface area contributed by atoms with Gasteiger partial charge in [-0.15, -0.1) is 12.6 Å². The summed E-state index contributed by atoms with van der Waals surface area (Å²) in [6.07, 6.45) is 15.4. The molecule has 0 amide bonds. The molecule has 9 heteroatoms. The maximum Gasteiger partial charge on any atom is 0.340 e. The van der Waals surface area contributed by atoms with E-state index in [0.717, 1.165) is 103 Å². The summed E-state index contributed by atoms with van der Waals surface area (Å²) in [6, 6.07) is 28.9. The molecule has 4 atom stereocenters. The Balaban J connectivity index is 0.000000898. The molecule has 4 unspecified atom stereocenters. The fraction of sp³-hybridized carbons (Fsp3) is 0.533. The Hall–Kier alpha value is -4.89. The molecule has 0 heterocycles. The van der Waals surface area contributed by atoms with Crippen LogP contribution in [0.1, 0.15) is 200 Å². The van der Waals surface area contributed by atoms with E-state index in [1.54, 1.807) is 24.3 Å². The van der Waals surface area contributed by atoms with Gasteiger partial charge >= 0.3 is 23.9 Å². The number of hydrogen-bond donors (Lipinski definition) is 1. The van der Waals surface area contributed by atoms with E-state index in [1.165, 1.54) is 17.2 Å². The van der Waals surface area contributed by atoms with Gasteiger partial charge in [-0.1, -0.05) is 211 Å². The monoisotopic (exact) mass is 965 g/mol. The number of carbonyl (C=O) groups is 4. The predicted octanol–water partition coefficient (Wildman–Crippen LogP) is 16.5. The summed E-state index contributed by atoms with van der Waals surface area (Å²) in [7, 11) is 0. The first kappa shape index (κ1) is 58.4. The first-order chi connectivity index (χ1) is 33.5. The Morgan fingerprint density at radius 2 is 0.739 bits per heavy atom. The zero-order chi connectivity index (χ0) is 50.4. The Morgan fingerprint density at radius 3 is 1.10 bits per heavy atom. The van der Waals surface area contributed by atoms with Gasteiger partial charge in [0.05, 0.1) is 48.7 Å². The highest BCUT2D eigenvalue weighted by Crippen LogP contribution is 2.37. The summed E-state index contributed by atoms with van der Waals surface area (Å²) in [6.45, 7) is 17.7. The number of ether oxygens (including phenoxy) is 4. The largest absolute Gasteiger partial charge is 0.462 e. The van der Waals surface area contributed by atoms with Crippen LogP contribution in [0, 0.1) is 23.7 Å². The van der Waals surface area contributed by atoms with Crippen LogP contribution in [0.2, 0.25) is 0 Å². The minimum absolute atomic E-state index is 0.0340. The normalized spacial score (nSPS) is 12.7. The molecule has 0 radical (unpaired) electrons. The molecule has 4 rings (SSSR count). The van der Waals surface area contributed by atoms with Crippen LogP contribution >= 0.6 is 12.6 Å². The molecule has 8 nitrogen and oxygen atoms in total. The quantitative estimate of drug-likeness (QED) is 0.0313. The van der Waals surface area contributed by atoms with E-state index in [4.69, 9.17) is 31.6 Å². The van der Waals surface area contributed by atoms with Crippen LogP contribution in [0.25, 0.3) is 22.3 Å². The smallest absolute Gasteiger partial charge is 0.340 e. The minimum atomic E-state index is -0.694. The van der Waals surface area contributed by atoms with E-state index in [1.807, 2.05) is 12.1 Å². The molecule has 0 bridgehead atoms. The van der Waals surface area contributed by atoms with E-state index in [0.29, 0.717) is 11.1 Å². The van der Waals surface area contributed by atoms with Crippen molar-refractivity contribution in [2.75, 3.05) is 26.4 Å². The molecule has 4 aromatic carbocycles. The first-order valence-corrected chi connectivity index (χ1v) is 26.7. The highest BCUT2D eigenvalue weighted by atomic mass is 32.1. The summed E-state index contributed by atoms with van der Waals surface area (Å²) in [5.74, 6) is -1.87. The van der Waals surface area contributed by atoms with Gasteiger partial charge in [-0.2, -0.15) is 0 Å². The lowest BCUT2D eigenvalue weighted by molar-refractivity contribution is 0.0378. The summed E-state index contributed by atoms with van der Waals surface area (Å²) >= 11 is 4.90. The summed E-state index contributed by atoms with van der Waals surface area (Å²) in [5.41, 5.74) is 3.38. The van der Waals surface area contributed by atoms with Crippen molar-refractivity contribution in [3.63, 3.8) is 0 Å². The molecular formula is C60H84O8S. The third-order valence-corrected chi connectivity index (χ3v) is 13.7. The molecule has 69 heavy (non-hydrogen) atoms. The van der Waals surface area contributed by atoms with E-state index in [-0.39, 0.29) is 77.2 Å². The van der Waals surface area contributed by atoms with Gasteiger partial charge in [0.1, 0.15) is 0 Å². The highest BCUT2D eigenvalue weighted by Gasteiger charge is 2.30. The van der Waals surface area contributed by atoms with Crippen LogP contribution in [0.15, 0.2) is 95.9 Å². The van der Waals surface area contributed by atoms with E-state index < -0.39 is 23.9 Å². The third kappa shape index (κ3) is 19.4. The second kappa shape index (κ2) is 33.6. The number of esters is 4. The molecule has 0 aliphatic heterocycles. The molecule has 4 aromatic rings. The van der Waals surface area contributed by atoms with Crippen molar-refractivity contribution in [3.8, 4) is 22.3 Å². The van der Waals surface area contributed by atoms with E-state index in [2.05, 4.69) is 104 Å². The fourth-order valence-electron chi connectivity index (χ4n) is 8.28. The fourth-order valence-corrected chi connectivity index (χ4v) is 8.69. The average Bonchev–Trinajstić information content (AvgIpc) is 3.38. The minimum Gasteiger partial charge on any atom is -0.462 e. The molecule has 0 saturated heterocycles. The summed E-state index contributed by atoms with van der Waals surface area (Å²) in [5, 5.41) is 0. The molecule has 378 valence electrons. The second-order valence-electron chi connectivity index (χ2n) is 18.4. The van der Waals surface area contributed by atoms with Gasteiger partial charge in [0, 0.05) is 4.90 Å². The molecule has 0 aliphatic carbocycles. The highest BCUT2D eigenvalue weighted by molar-refractivity contribution is 7.80. The number of unbranched alkanes of at least 4 members (excludes halogenated alkanes) is 4. The zero-order valence-corrected chi connectivity index (χ0v) is 44.2. The Kier molecular flexibility index (Phi) is 28.5. The number of carbonyl (C=O) groups excluding carboxylic acids is 4. The van der Waals surface area contributed by atoms with Gasteiger partial charge in [0.2, 0.25) is 0 Å². The molecule has 0 N–H and O–H groups in total. The van der Waals surface area contributed by atoms with Gasteiger partial charge in [-0.3, -0.25) is 0 Å². The summed E-state index contributed by atoms with van der Waals surface area (Å²) in [4.78, 5) is 56.1. The number of rotatable bonds is 30. The average molecular weight is 965 g/mol. The maximum atomic E-state index is 14.2. The van der Waals surface area contributed by atoms with Crippen LogP contribution in [0.4, 0.5) is 0 Å². The van der Waals surface area contributed by atoms with Crippen molar-refractivity contribution in [1.82, 2.24) is 0 Å². The van der Waals surface area contributed by atoms with Crippen molar-refractivity contribution in [1.29, 1.82) is 0 Å². The first-order valence-electron chi connectivity index (χ1n) is 26.3. The van der Waals surface area contributed by atoms with Crippen LogP contribution in [-0.4, -0.2) is 50.3 Å². The lowest BCUT2D eigenvalue weighted by Crippen LogP contribution is -2.21. The van der Waals surface area contributed by atoms with Crippen LogP contribution in [0.5, 0.6) is 0 Å². The Bertz CT molecular complexity index is 2060. The third-order valence-electron chi connectivity index (χ3n) is 13.2. The van der Waals surface area contributed by atoms with Crippen LogP contribution < -0.4 is 0 Å². The van der Waals surface area contributed by atoms with Crippen molar-refractivity contribution < 1.29 is 38.1 Å². The number of benzene rings is 4. The topological polar surface area (TPSA) is 105 Å². The van der Waals surface area contributed by atoms with Gasteiger partial charge in [-0.25, -0.2) is 19.2 Å². The molecule has 0 fully saturated rings. The van der Waals surface area contributed by atoms with Crippen LogP contribution in [0.3, 0.4) is 0 Å². The maximum absolute atomic E-state index is 14.2. The van der Waals surface area contributed by atoms with Crippen molar-refractivity contribution in [2.45, 2.75) is 163 Å². The zero-order valence-electron chi connectivity index (χ0n) is 43.3. The van der Waals surface area contributed by atoms with Crippen molar-refractivity contribution in [2.24, 2.45) is 23.7 Å². The lowest BCUT2D eigenvalue weighted by atomic mass is 9.92. The van der Waals surface area contributed by atoms with Gasteiger partial charge < -0.3 is 18.9 Å². The van der Waals surface area contributed by atoms with Gasteiger partial charge in [-0.05, 0) is 83.7 Å². The van der Waals surface area contributed by atoms with Gasteiger partial charge in [0.25, 0.3) is 0 Å². The SMILES string of the molecule is CCCCC(CC)COC(=O)c1cccc(-c2ccc(C(=O)OCC(CC)CCCC)c(C(=O)OCC(CC)CCCC)c2S)c1C(=O)OCC(CC)CCCC.c1ccc(-c2ccccc2)cc1. The molecule has 0 aliphatic rings. The second-order valence-corrected chi connectivity index (χ2v) is 18.9. The number of hydrogen-bond acceptors (Lipinski definition) is 9. The van der Waals surface area contributed by atoms with Crippen molar-refractivity contribution in [3.05, 3.63) is 113 Å². The molecule has 0 aromatic heterocycles.